The van der Waals surface area contributed by atoms with Gasteiger partial charge in [0.25, 0.3) is 0 Å². The molecule has 2 aromatic carbocycles. The van der Waals surface area contributed by atoms with Crippen molar-refractivity contribution in [1.29, 1.82) is 5.26 Å². The fourth-order valence-corrected chi connectivity index (χ4v) is 5.10. The number of nitrogens with zero attached hydrogens (tertiary/aromatic N) is 5. The first kappa shape index (κ1) is 17.7. The number of halogens is 2. The molecule has 5 nitrogen and oxygen atoms in total. The van der Waals surface area contributed by atoms with Gasteiger partial charge in [-0.05, 0) is 0 Å². The topological polar surface area (TPSA) is 67.4 Å². The minimum absolute atomic E-state index is 0.182. The standard InChI is InChI=1S/C19H11AsClFN5/c21-19-16(8-23)18(24-11-25-19)20-14-4-5-17-13(7-14)9-26-27(17)10-12-2-1-3-15(22)6-12/h1-7,9,11H,10H2. The normalized spacial score (nSPS) is 11.3. The van der Waals surface area contributed by atoms with E-state index in [2.05, 4.69) is 21.1 Å². The summed E-state index contributed by atoms with van der Waals surface area (Å²) in [4.78, 5) is 8.08. The van der Waals surface area contributed by atoms with Crippen LogP contribution in [-0.4, -0.2) is 35.5 Å². The van der Waals surface area contributed by atoms with E-state index in [-0.39, 0.29) is 11.0 Å². The predicted molar refractivity (Wildman–Crippen MR) is 102 cm³/mol. The Balaban J connectivity index is 1.63. The first-order chi connectivity index (χ1) is 13.1. The minimum atomic E-state index is -0.510. The van der Waals surface area contributed by atoms with Crippen LogP contribution >= 0.6 is 11.6 Å². The molecule has 0 N–H and O–H groups in total. The Kier molecular flexibility index (Phi) is 4.89. The summed E-state index contributed by atoms with van der Waals surface area (Å²) in [7, 11) is 0. The molecule has 0 unspecified atom stereocenters. The number of hydrogen-bond donors (Lipinski definition) is 0. The number of hydrogen-bond acceptors (Lipinski definition) is 4. The summed E-state index contributed by atoms with van der Waals surface area (Å²) in [6.45, 7) is 0.494. The maximum absolute atomic E-state index is 13.4. The molecular weight excluding hydrogens is 428 g/mol. The first-order valence-corrected chi connectivity index (χ1v) is 10.2. The third-order valence-electron chi connectivity index (χ3n) is 3.97. The number of benzene rings is 2. The molecule has 8 heteroatoms. The van der Waals surface area contributed by atoms with Crippen LogP contribution in [0.15, 0.2) is 55.0 Å². The van der Waals surface area contributed by atoms with E-state index in [1.165, 1.54) is 18.5 Å². The van der Waals surface area contributed by atoms with Crippen molar-refractivity contribution < 1.29 is 4.39 Å². The summed E-state index contributed by atoms with van der Waals surface area (Å²) in [5.74, 6) is -0.257. The molecule has 0 atom stereocenters. The van der Waals surface area contributed by atoms with Crippen LogP contribution in [0.5, 0.6) is 0 Å². The van der Waals surface area contributed by atoms with E-state index < -0.39 is 15.8 Å². The Morgan fingerprint density at radius 1 is 1.19 bits per heavy atom. The SMILES string of the molecule is N#Cc1c(Cl)ncnc1[As]c1ccc2c(cnn2Cc2cccc(F)c2)c1. The van der Waals surface area contributed by atoms with Gasteiger partial charge in [0.15, 0.2) is 0 Å². The van der Waals surface area contributed by atoms with Gasteiger partial charge in [-0.1, -0.05) is 0 Å². The van der Waals surface area contributed by atoms with Crippen molar-refractivity contribution in [2.45, 2.75) is 6.54 Å². The van der Waals surface area contributed by atoms with Gasteiger partial charge >= 0.3 is 166 Å². The average Bonchev–Trinajstić information content (AvgIpc) is 3.04. The van der Waals surface area contributed by atoms with Gasteiger partial charge < -0.3 is 0 Å². The van der Waals surface area contributed by atoms with Gasteiger partial charge in [0.05, 0.1) is 0 Å². The van der Waals surface area contributed by atoms with E-state index in [4.69, 9.17) is 11.6 Å². The van der Waals surface area contributed by atoms with Crippen molar-refractivity contribution in [3.63, 3.8) is 0 Å². The molecule has 4 aromatic rings. The van der Waals surface area contributed by atoms with Crippen molar-refractivity contribution in [2.24, 2.45) is 0 Å². The van der Waals surface area contributed by atoms with Crippen LogP contribution < -0.4 is 8.83 Å². The van der Waals surface area contributed by atoms with Crippen LogP contribution in [0.2, 0.25) is 5.15 Å². The van der Waals surface area contributed by atoms with E-state index in [0.717, 1.165) is 20.8 Å². The Morgan fingerprint density at radius 3 is 2.89 bits per heavy atom. The van der Waals surface area contributed by atoms with Crippen LogP contribution in [-0.2, 0) is 6.54 Å². The summed E-state index contributed by atoms with van der Waals surface area (Å²) in [6, 6.07) is 14.6. The molecule has 0 saturated heterocycles. The summed E-state index contributed by atoms with van der Waals surface area (Å²) in [5, 5.41) is 14.9. The second-order valence-electron chi connectivity index (χ2n) is 5.76. The van der Waals surface area contributed by atoms with Crippen LogP contribution in [0.3, 0.4) is 0 Å². The molecule has 1 radical (unpaired) electrons. The monoisotopic (exact) mass is 438 g/mol. The Hall–Kier alpha value is -2.74. The molecule has 0 aliphatic rings. The second-order valence-corrected chi connectivity index (χ2v) is 8.56. The Morgan fingerprint density at radius 2 is 2.07 bits per heavy atom. The fourth-order valence-electron chi connectivity index (χ4n) is 2.74. The second kappa shape index (κ2) is 7.48. The fraction of sp³-hybridized carbons (Fsp3) is 0.0526. The van der Waals surface area contributed by atoms with Crippen LogP contribution in [0.4, 0.5) is 4.39 Å². The van der Waals surface area contributed by atoms with E-state index in [0.29, 0.717) is 16.6 Å². The van der Waals surface area contributed by atoms with Gasteiger partial charge in [0.1, 0.15) is 0 Å². The van der Waals surface area contributed by atoms with Gasteiger partial charge in [-0.25, -0.2) is 0 Å². The molecule has 2 heterocycles. The summed E-state index contributed by atoms with van der Waals surface area (Å²) < 4.78 is 17.0. The number of nitriles is 1. The molecule has 0 aliphatic carbocycles. The summed E-state index contributed by atoms with van der Waals surface area (Å²) in [6.07, 6.45) is 3.17. The third kappa shape index (κ3) is 3.71. The molecule has 0 bridgehead atoms. The summed E-state index contributed by atoms with van der Waals surface area (Å²) >= 11 is 5.47. The Bertz CT molecular complexity index is 1180. The zero-order valence-electron chi connectivity index (χ0n) is 13.8. The number of aromatic nitrogens is 4. The number of rotatable bonds is 4. The molecule has 27 heavy (non-hydrogen) atoms. The van der Waals surface area contributed by atoms with E-state index >= 15 is 0 Å². The predicted octanol–water partition coefficient (Wildman–Crippen LogP) is 2.19. The molecule has 2 aromatic heterocycles. The van der Waals surface area contributed by atoms with Crippen molar-refractivity contribution in [1.82, 2.24) is 19.7 Å². The van der Waals surface area contributed by atoms with Crippen LogP contribution in [0, 0.1) is 17.1 Å². The van der Waals surface area contributed by atoms with E-state index in [1.54, 1.807) is 12.3 Å². The number of fused-ring (bicyclic) bond motifs is 1. The van der Waals surface area contributed by atoms with Crippen molar-refractivity contribution >= 4 is 47.1 Å². The molecule has 0 spiro atoms. The van der Waals surface area contributed by atoms with Gasteiger partial charge in [0, 0.05) is 0 Å². The van der Waals surface area contributed by atoms with E-state index in [9.17, 15) is 9.65 Å². The third-order valence-corrected chi connectivity index (χ3v) is 6.54. The van der Waals surface area contributed by atoms with Crippen molar-refractivity contribution in [3.8, 4) is 6.07 Å². The molecular formula is C19H11AsClFN5. The molecule has 0 amide bonds. The van der Waals surface area contributed by atoms with E-state index in [1.807, 2.05) is 28.9 Å². The molecule has 0 fully saturated rings. The molecule has 0 saturated carbocycles. The van der Waals surface area contributed by atoms with Gasteiger partial charge in [-0.2, -0.15) is 0 Å². The molecule has 4 rings (SSSR count). The molecule has 131 valence electrons. The van der Waals surface area contributed by atoms with Gasteiger partial charge in [0.2, 0.25) is 0 Å². The summed E-state index contributed by atoms with van der Waals surface area (Å²) in [5.41, 5.74) is 2.15. The van der Waals surface area contributed by atoms with Crippen molar-refractivity contribution in [3.05, 3.63) is 77.1 Å². The quantitative estimate of drug-likeness (QED) is 0.362. The van der Waals surface area contributed by atoms with Gasteiger partial charge in [-0.3, -0.25) is 0 Å². The first-order valence-electron chi connectivity index (χ1n) is 7.96. The zero-order chi connectivity index (χ0) is 18.8. The van der Waals surface area contributed by atoms with Crippen LogP contribution in [0.25, 0.3) is 10.9 Å². The average molecular weight is 439 g/mol. The zero-order valence-corrected chi connectivity index (χ0v) is 16.5. The Labute approximate surface area is 166 Å². The maximum atomic E-state index is 13.4. The molecule has 0 aliphatic heterocycles. The van der Waals surface area contributed by atoms with Gasteiger partial charge in [-0.15, -0.1) is 0 Å². The van der Waals surface area contributed by atoms with Crippen molar-refractivity contribution in [2.75, 3.05) is 0 Å². The van der Waals surface area contributed by atoms with Crippen LogP contribution in [0.1, 0.15) is 11.1 Å².